The van der Waals surface area contributed by atoms with Crippen LogP contribution in [0, 0.1) is 11.3 Å². The summed E-state index contributed by atoms with van der Waals surface area (Å²) in [4.78, 5) is 19.3. The lowest BCUT2D eigenvalue weighted by atomic mass is 10.1. The molecule has 138 valence electrons. The summed E-state index contributed by atoms with van der Waals surface area (Å²) < 4.78 is 5.14. The fourth-order valence-corrected chi connectivity index (χ4v) is 2.73. The highest BCUT2D eigenvalue weighted by molar-refractivity contribution is 5.67. The van der Waals surface area contributed by atoms with Crippen molar-refractivity contribution in [3.05, 3.63) is 40.2 Å². The molecule has 0 unspecified atom stereocenters. The van der Waals surface area contributed by atoms with Crippen LogP contribution in [0.25, 0.3) is 11.3 Å². The second-order valence-electron chi connectivity index (χ2n) is 6.17. The summed E-state index contributed by atoms with van der Waals surface area (Å²) in [6, 6.07) is 9.09. The van der Waals surface area contributed by atoms with Crippen molar-refractivity contribution in [2.45, 2.75) is 45.4 Å². The fourth-order valence-electron chi connectivity index (χ4n) is 2.73. The Kier molecular flexibility index (Phi) is 7.69. The number of nitrogens with zero attached hydrogens (tertiary/aromatic N) is 2. The Labute approximate surface area is 154 Å². The van der Waals surface area contributed by atoms with Crippen LogP contribution in [0.2, 0.25) is 0 Å². The molecule has 0 atom stereocenters. The molecule has 2 N–H and O–H groups in total. The Morgan fingerprint density at radius 3 is 2.50 bits per heavy atom. The number of hydrogen-bond donors (Lipinski definition) is 2. The van der Waals surface area contributed by atoms with Crippen LogP contribution in [0.4, 0.5) is 5.95 Å². The number of rotatable bonds is 10. The molecule has 0 aliphatic carbocycles. The first-order valence-electron chi connectivity index (χ1n) is 9.12. The minimum absolute atomic E-state index is 0.0142. The van der Waals surface area contributed by atoms with Crippen molar-refractivity contribution in [2.75, 3.05) is 19.0 Å². The molecule has 0 radical (unpaired) electrons. The maximum atomic E-state index is 12.2. The van der Waals surface area contributed by atoms with Crippen LogP contribution < -0.4 is 15.6 Å². The Morgan fingerprint density at radius 2 is 1.85 bits per heavy atom. The quantitative estimate of drug-likeness (QED) is 0.627. The largest absolute Gasteiger partial charge is 0.497 e. The maximum absolute atomic E-state index is 12.2. The van der Waals surface area contributed by atoms with Crippen molar-refractivity contribution < 1.29 is 4.74 Å². The third-order valence-corrected chi connectivity index (χ3v) is 4.22. The van der Waals surface area contributed by atoms with Crippen LogP contribution in [0.5, 0.6) is 5.75 Å². The smallest absolute Gasteiger partial charge is 0.270 e. The van der Waals surface area contributed by atoms with Gasteiger partial charge in [-0.2, -0.15) is 5.26 Å². The Hall–Kier alpha value is -2.81. The molecule has 1 aromatic heterocycles. The number of aromatic nitrogens is 2. The summed E-state index contributed by atoms with van der Waals surface area (Å²) in [5, 5.41) is 12.5. The minimum Gasteiger partial charge on any atom is -0.497 e. The average molecular weight is 354 g/mol. The van der Waals surface area contributed by atoms with E-state index < -0.39 is 5.56 Å². The van der Waals surface area contributed by atoms with Gasteiger partial charge >= 0.3 is 0 Å². The highest BCUT2D eigenvalue weighted by atomic mass is 16.5. The standard InChI is InChI=1S/C20H26N4O2/c1-3-4-5-6-7-8-13-22-20-23-18(17(14-21)19(25)24-20)15-9-11-16(26-2)12-10-15/h9-12H,3-8,13H2,1-2H3,(H2,22,23,24,25). The molecule has 0 bridgehead atoms. The van der Waals surface area contributed by atoms with E-state index >= 15 is 0 Å². The first-order chi connectivity index (χ1) is 12.7. The van der Waals surface area contributed by atoms with Crippen LogP contribution in [-0.2, 0) is 0 Å². The number of ether oxygens (including phenoxy) is 1. The van der Waals surface area contributed by atoms with Gasteiger partial charge < -0.3 is 10.1 Å². The first-order valence-corrected chi connectivity index (χ1v) is 9.12. The monoisotopic (exact) mass is 354 g/mol. The van der Waals surface area contributed by atoms with Crippen molar-refractivity contribution in [1.29, 1.82) is 5.26 Å². The van der Waals surface area contributed by atoms with Gasteiger partial charge in [-0.05, 0) is 30.7 Å². The van der Waals surface area contributed by atoms with E-state index in [1.807, 2.05) is 6.07 Å². The zero-order chi connectivity index (χ0) is 18.8. The summed E-state index contributed by atoms with van der Waals surface area (Å²) in [5.41, 5.74) is 0.666. The molecule has 2 rings (SSSR count). The number of methoxy groups -OCH3 is 1. The van der Waals surface area contributed by atoms with Gasteiger partial charge in [-0.15, -0.1) is 0 Å². The van der Waals surface area contributed by atoms with Gasteiger partial charge in [0.25, 0.3) is 5.56 Å². The Bertz CT molecular complexity index is 791. The second kappa shape index (κ2) is 10.2. The van der Waals surface area contributed by atoms with Gasteiger partial charge in [-0.25, -0.2) is 4.98 Å². The number of unbranched alkanes of at least 4 members (excludes halogenated alkanes) is 5. The number of hydrogen-bond acceptors (Lipinski definition) is 5. The van der Waals surface area contributed by atoms with Crippen LogP contribution in [0.15, 0.2) is 29.1 Å². The molecule has 1 heterocycles. The molecular formula is C20H26N4O2. The summed E-state index contributed by atoms with van der Waals surface area (Å²) in [5.74, 6) is 1.10. The van der Waals surface area contributed by atoms with E-state index in [0.29, 0.717) is 23.0 Å². The zero-order valence-corrected chi connectivity index (χ0v) is 15.5. The number of anilines is 1. The van der Waals surface area contributed by atoms with Crippen LogP contribution in [0.1, 0.15) is 51.0 Å². The van der Waals surface area contributed by atoms with Crippen molar-refractivity contribution in [1.82, 2.24) is 9.97 Å². The molecule has 0 saturated heterocycles. The number of nitriles is 1. The summed E-state index contributed by atoms with van der Waals surface area (Å²) >= 11 is 0. The maximum Gasteiger partial charge on any atom is 0.270 e. The van der Waals surface area contributed by atoms with E-state index in [-0.39, 0.29) is 5.56 Å². The lowest BCUT2D eigenvalue weighted by Gasteiger charge is -2.09. The molecule has 0 amide bonds. The minimum atomic E-state index is -0.432. The lowest BCUT2D eigenvalue weighted by molar-refractivity contribution is 0.415. The van der Waals surface area contributed by atoms with E-state index in [9.17, 15) is 10.1 Å². The van der Waals surface area contributed by atoms with Crippen molar-refractivity contribution in [3.63, 3.8) is 0 Å². The third-order valence-electron chi connectivity index (χ3n) is 4.22. The first kappa shape index (κ1) is 19.5. The van der Waals surface area contributed by atoms with Crippen molar-refractivity contribution in [2.24, 2.45) is 0 Å². The molecule has 0 spiro atoms. The summed E-state index contributed by atoms with van der Waals surface area (Å²) in [6.07, 6.45) is 7.18. The molecular weight excluding hydrogens is 328 g/mol. The van der Waals surface area contributed by atoms with Gasteiger partial charge in [0.15, 0.2) is 0 Å². The molecule has 6 nitrogen and oxygen atoms in total. The molecule has 1 aromatic carbocycles. The van der Waals surface area contributed by atoms with E-state index in [2.05, 4.69) is 22.2 Å². The van der Waals surface area contributed by atoms with Crippen LogP contribution >= 0.6 is 0 Å². The SMILES string of the molecule is CCCCCCCCNc1nc(-c2ccc(OC)cc2)c(C#N)c(=O)[nH]1. The summed E-state index contributed by atoms with van der Waals surface area (Å²) in [6.45, 7) is 2.94. The predicted octanol–water partition coefficient (Wildman–Crippen LogP) is 4.09. The molecule has 0 aliphatic rings. The zero-order valence-electron chi connectivity index (χ0n) is 15.5. The lowest BCUT2D eigenvalue weighted by Crippen LogP contribution is -2.17. The predicted molar refractivity (Wildman–Crippen MR) is 103 cm³/mol. The van der Waals surface area contributed by atoms with E-state index in [1.54, 1.807) is 31.4 Å². The summed E-state index contributed by atoms with van der Waals surface area (Å²) in [7, 11) is 1.59. The van der Waals surface area contributed by atoms with E-state index in [0.717, 1.165) is 19.4 Å². The molecule has 26 heavy (non-hydrogen) atoms. The van der Waals surface area contributed by atoms with Crippen LogP contribution in [-0.4, -0.2) is 23.6 Å². The Balaban J connectivity index is 2.08. The number of H-pyrrole nitrogens is 1. The van der Waals surface area contributed by atoms with Gasteiger partial charge in [0.2, 0.25) is 5.95 Å². The Morgan fingerprint density at radius 1 is 1.15 bits per heavy atom. The van der Waals surface area contributed by atoms with Crippen molar-refractivity contribution >= 4 is 5.95 Å². The fraction of sp³-hybridized carbons (Fsp3) is 0.450. The molecule has 2 aromatic rings. The van der Waals surface area contributed by atoms with Gasteiger partial charge in [0.05, 0.1) is 12.8 Å². The number of aromatic amines is 1. The second-order valence-corrected chi connectivity index (χ2v) is 6.17. The molecule has 0 fully saturated rings. The van der Waals surface area contributed by atoms with Crippen molar-refractivity contribution in [3.8, 4) is 23.1 Å². The third kappa shape index (κ3) is 5.35. The molecule has 0 saturated carbocycles. The van der Waals surface area contributed by atoms with Gasteiger partial charge in [0.1, 0.15) is 17.4 Å². The van der Waals surface area contributed by atoms with Gasteiger partial charge in [0, 0.05) is 12.1 Å². The number of nitrogens with one attached hydrogen (secondary N) is 2. The number of benzene rings is 1. The normalized spacial score (nSPS) is 10.3. The van der Waals surface area contributed by atoms with Gasteiger partial charge in [-0.3, -0.25) is 9.78 Å². The molecule has 6 heteroatoms. The van der Waals surface area contributed by atoms with E-state index in [1.165, 1.54) is 25.7 Å². The topological polar surface area (TPSA) is 90.8 Å². The highest BCUT2D eigenvalue weighted by Gasteiger charge is 2.13. The van der Waals surface area contributed by atoms with E-state index in [4.69, 9.17) is 4.74 Å². The average Bonchev–Trinajstić information content (AvgIpc) is 2.67. The highest BCUT2D eigenvalue weighted by Crippen LogP contribution is 2.22. The molecule has 0 aliphatic heterocycles. The van der Waals surface area contributed by atoms with Crippen LogP contribution in [0.3, 0.4) is 0 Å². The van der Waals surface area contributed by atoms with Gasteiger partial charge in [-0.1, -0.05) is 39.0 Å².